The van der Waals surface area contributed by atoms with Gasteiger partial charge >= 0.3 is 12.2 Å². The number of nitrogens with two attached hydrogens (primary N) is 1. The number of hydrogen-bond donors (Lipinski definition) is 4. The number of hydrogen-bond acceptors (Lipinski definition) is 3. The topological polar surface area (TPSA) is 145 Å². The van der Waals surface area contributed by atoms with Gasteiger partial charge in [-0.2, -0.15) is 0 Å². The van der Waals surface area contributed by atoms with Crippen LogP contribution in [0.2, 0.25) is 0 Å². The fourth-order valence-corrected chi connectivity index (χ4v) is 4.34. The normalized spacial score (nSPS) is 11.3. The van der Waals surface area contributed by atoms with Crippen LogP contribution in [0.25, 0.3) is 17.1 Å². The minimum absolute atomic E-state index is 0. The number of para-hydroxylation sites is 1. The molecule has 0 unspecified atom stereocenters. The van der Waals surface area contributed by atoms with Crippen LogP contribution < -0.4 is 10.6 Å². The fourth-order valence-electron chi connectivity index (χ4n) is 4.34. The van der Waals surface area contributed by atoms with E-state index < -0.39 is 12.2 Å². The molecule has 0 saturated carbocycles. The molecule has 2 amide bonds. The number of fused-ring (bicyclic) bond motifs is 1. The molecule has 36 heavy (non-hydrogen) atoms. The molecular weight excluding hydrogens is 639 g/mol. The third-order valence-electron chi connectivity index (χ3n) is 4.35. The summed E-state index contributed by atoms with van der Waals surface area (Å²) < 4.78 is 0. The van der Waals surface area contributed by atoms with Crippen LogP contribution in [0, 0.1) is 10.8 Å². The van der Waals surface area contributed by atoms with E-state index in [0.717, 1.165) is 18.4 Å². The summed E-state index contributed by atoms with van der Waals surface area (Å²) in [7, 11) is 0. The zero-order valence-electron chi connectivity index (χ0n) is 23.5. The van der Waals surface area contributed by atoms with Crippen LogP contribution >= 0.6 is 0 Å². The third kappa shape index (κ3) is 21.1. The number of carboxylic acid groups (broad SMARTS) is 2. The molecule has 210 valence electrons. The van der Waals surface area contributed by atoms with Crippen LogP contribution in [0.1, 0.15) is 82.1 Å². The number of nitrogens with one attached hydrogen (secondary N) is 2. The summed E-state index contributed by atoms with van der Waals surface area (Å²) in [5.74, 6) is 0. The number of carbonyl (C=O) groups is 2. The number of pyridine rings is 1. The molecular formula is C27H47N4O4Pt-. The fraction of sp³-hybridized carbons (Fsp3) is 0.593. The molecule has 1 heterocycles. The van der Waals surface area contributed by atoms with E-state index in [4.69, 9.17) is 10.2 Å². The van der Waals surface area contributed by atoms with Gasteiger partial charge < -0.3 is 27.0 Å². The van der Waals surface area contributed by atoms with Crippen LogP contribution in [-0.2, 0) is 21.1 Å². The van der Waals surface area contributed by atoms with Crippen molar-refractivity contribution in [3.8, 4) is 0 Å². The molecule has 6 N–H and O–H groups in total. The van der Waals surface area contributed by atoms with Gasteiger partial charge in [-0.25, -0.2) is 9.59 Å². The monoisotopic (exact) mass is 686 g/mol. The summed E-state index contributed by atoms with van der Waals surface area (Å²) in [4.78, 5) is 25.0. The minimum atomic E-state index is -0.954. The first kappa shape index (κ1) is 38.4. The standard InChI is InChI=1S/2C9H19NO2.C9H7N.H2N.Pt/c2*1-8(2,3)6-9(4,5)10-7(11)12;1-2-6-9-8(4-1)5-3-7-10-9;;/h2*10H,6H2,1-5H3,(H,11,12);1-7H;1H2;/q;;;-1;. The van der Waals surface area contributed by atoms with Crippen LogP contribution in [0.3, 0.4) is 0 Å². The second-order valence-electron chi connectivity index (χ2n) is 12.3. The van der Waals surface area contributed by atoms with Gasteiger partial charge in [0.15, 0.2) is 0 Å². The van der Waals surface area contributed by atoms with Crippen LogP contribution in [0.5, 0.6) is 0 Å². The maximum atomic E-state index is 10.4. The average molecular weight is 687 g/mol. The summed E-state index contributed by atoms with van der Waals surface area (Å²) in [6.07, 6.45) is 1.55. The van der Waals surface area contributed by atoms with Crippen LogP contribution in [0.4, 0.5) is 9.59 Å². The second-order valence-corrected chi connectivity index (χ2v) is 12.3. The largest absolute Gasteiger partial charge is 0.693 e. The minimum Gasteiger partial charge on any atom is -0.693 e. The summed E-state index contributed by atoms with van der Waals surface area (Å²) in [5, 5.41) is 23.3. The molecule has 0 radical (unpaired) electrons. The van der Waals surface area contributed by atoms with Crippen molar-refractivity contribution in [1.82, 2.24) is 15.6 Å². The number of benzene rings is 1. The van der Waals surface area contributed by atoms with E-state index in [9.17, 15) is 9.59 Å². The van der Waals surface area contributed by atoms with E-state index in [0.29, 0.717) is 0 Å². The molecule has 0 fully saturated rings. The molecule has 0 spiro atoms. The van der Waals surface area contributed by atoms with E-state index in [1.807, 2.05) is 58.2 Å². The molecule has 0 bridgehead atoms. The van der Waals surface area contributed by atoms with Crippen LogP contribution in [-0.4, -0.2) is 38.5 Å². The van der Waals surface area contributed by atoms with E-state index in [2.05, 4.69) is 69.3 Å². The van der Waals surface area contributed by atoms with Crippen molar-refractivity contribution < 1.29 is 40.9 Å². The molecule has 1 aromatic heterocycles. The Balaban J connectivity index is -0.000000442. The molecule has 0 aliphatic rings. The summed E-state index contributed by atoms with van der Waals surface area (Å²) in [6.45, 7) is 20.2. The van der Waals surface area contributed by atoms with Crippen LogP contribution in [0.15, 0.2) is 42.6 Å². The Morgan fingerprint density at radius 1 is 0.722 bits per heavy atom. The smallest absolute Gasteiger partial charge is 0.405 e. The van der Waals surface area contributed by atoms with Crippen molar-refractivity contribution in [1.29, 1.82) is 0 Å². The zero-order valence-corrected chi connectivity index (χ0v) is 25.8. The number of rotatable bonds is 4. The first-order chi connectivity index (χ1) is 15.2. The average Bonchev–Trinajstić information content (AvgIpc) is 2.56. The molecule has 0 saturated heterocycles. The Bertz CT molecular complexity index is 814. The van der Waals surface area contributed by atoms with Crippen molar-refractivity contribution in [3.05, 3.63) is 48.7 Å². The Kier molecular flexibility index (Phi) is 16.9. The first-order valence-corrected chi connectivity index (χ1v) is 11.5. The maximum Gasteiger partial charge on any atom is 0.405 e. The molecule has 9 heteroatoms. The van der Waals surface area contributed by atoms with E-state index in [1.54, 1.807) is 0 Å². The molecule has 0 aliphatic heterocycles. The van der Waals surface area contributed by atoms with Gasteiger partial charge in [0, 0.05) is 43.7 Å². The number of amides is 2. The Morgan fingerprint density at radius 3 is 1.42 bits per heavy atom. The summed E-state index contributed by atoms with van der Waals surface area (Å²) in [5.41, 5.74) is 0.663. The van der Waals surface area contributed by atoms with Gasteiger partial charge in [-0.1, -0.05) is 65.8 Å². The van der Waals surface area contributed by atoms with Gasteiger partial charge in [0.25, 0.3) is 0 Å². The van der Waals surface area contributed by atoms with Gasteiger partial charge in [-0.15, -0.1) is 0 Å². The molecule has 2 aromatic rings. The molecule has 0 atom stereocenters. The maximum absolute atomic E-state index is 10.4. The quantitative estimate of drug-likeness (QED) is 0.259. The zero-order chi connectivity index (χ0) is 26.8. The van der Waals surface area contributed by atoms with Crippen molar-refractivity contribution in [2.45, 2.75) is 93.2 Å². The van der Waals surface area contributed by atoms with Crippen molar-refractivity contribution in [3.63, 3.8) is 0 Å². The second kappa shape index (κ2) is 15.8. The van der Waals surface area contributed by atoms with E-state index in [-0.39, 0.29) is 49.1 Å². The van der Waals surface area contributed by atoms with E-state index in [1.165, 1.54) is 5.39 Å². The summed E-state index contributed by atoms with van der Waals surface area (Å²) >= 11 is 0. The van der Waals surface area contributed by atoms with Crippen molar-refractivity contribution in [2.75, 3.05) is 0 Å². The van der Waals surface area contributed by atoms with E-state index >= 15 is 0 Å². The van der Waals surface area contributed by atoms with Gasteiger partial charge in [0.05, 0.1) is 5.52 Å². The van der Waals surface area contributed by atoms with Gasteiger partial charge in [0.2, 0.25) is 0 Å². The molecule has 8 nitrogen and oxygen atoms in total. The number of aromatic nitrogens is 1. The number of nitrogens with zero attached hydrogens (tertiary/aromatic N) is 1. The summed E-state index contributed by atoms with van der Waals surface area (Å²) in [6, 6.07) is 12.1. The van der Waals surface area contributed by atoms with Gasteiger partial charge in [-0.05, 0) is 63.5 Å². The molecule has 0 aliphatic carbocycles. The Hall–Kier alpha value is -2.18. The third-order valence-corrected chi connectivity index (χ3v) is 4.35. The Labute approximate surface area is 231 Å². The predicted octanol–water partition coefficient (Wildman–Crippen LogP) is 7.89. The van der Waals surface area contributed by atoms with Crippen molar-refractivity contribution in [2.24, 2.45) is 10.8 Å². The predicted molar refractivity (Wildman–Crippen MR) is 146 cm³/mol. The molecule has 2 rings (SSSR count). The Morgan fingerprint density at radius 2 is 1.08 bits per heavy atom. The SMILES string of the molecule is CC(C)(C)CC(C)(C)NC(=O)O.CC(C)(C)CC(C)(C)NC(=O)O.[NH2-].[Pt].c1ccc2ncccc2c1. The van der Waals surface area contributed by atoms with Gasteiger partial charge in [-0.3, -0.25) is 4.98 Å². The van der Waals surface area contributed by atoms with Crippen molar-refractivity contribution >= 4 is 23.1 Å². The molecule has 1 aromatic carbocycles. The first-order valence-electron chi connectivity index (χ1n) is 11.5. The van der Waals surface area contributed by atoms with Gasteiger partial charge in [0.1, 0.15) is 0 Å².